The number of aromatic amines is 1. The van der Waals surface area contributed by atoms with Gasteiger partial charge in [-0.2, -0.15) is 0 Å². The third-order valence-corrected chi connectivity index (χ3v) is 6.87. The molecule has 2 heterocycles. The van der Waals surface area contributed by atoms with Crippen molar-refractivity contribution in [3.8, 4) is 11.3 Å². The van der Waals surface area contributed by atoms with Crippen LogP contribution in [0.25, 0.3) is 22.2 Å². The van der Waals surface area contributed by atoms with Gasteiger partial charge in [-0.1, -0.05) is 88.4 Å². The van der Waals surface area contributed by atoms with Crippen LogP contribution in [0.3, 0.4) is 0 Å². The van der Waals surface area contributed by atoms with Crippen LogP contribution in [0.15, 0.2) is 78.9 Å². The van der Waals surface area contributed by atoms with Crippen molar-refractivity contribution < 1.29 is 19.1 Å². The van der Waals surface area contributed by atoms with E-state index in [0.717, 1.165) is 16.6 Å². The smallest absolute Gasteiger partial charge is 0.296 e. The number of H-pyrrole nitrogens is 1. The molecule has 3 aromatic carbocycles. The minimum absolute atomic E-state index is 0.0318. The second-order valence-electron chi connectivity index (χ2n) is 10.6. The Labute approximate surface area is 217 Å². The third kappa shape index (κ3) is 4.95. The summed E-state index contributed by atoms with van der Waals surface area (Å²) < 4.78 is 12.4. The van der Waals surface area contributed by atoms with Gasteiger partial charge >= 0.3 is 0 Å². The van der Waals surface area contributed by atoms with Crippen molar-refractivity contribution in [1.82, 2.24) is 4.98 Å². The standard InChI is InChI=1S/C31H32N2O4/c1-19(2)28-31(3,4)18-36-30(37-28)21-13-10-14-22(17-21)32-29(35)27(34)25-23-15-8-9-16-24(23)33-26(25)20-11-6-5-7-12-20/h5-17,19,28,30,33H,18H2,1-4H3,(H,32,35)/t28-,30+/m1/s1. The second kappa shape index (κ2) is 9.96. The quantitative estimate of drug-likeness (QED) is 0.228. The van der Waals surface area contributed by atoms with E-state index in [1.165, 1.54) is 0 Å². The molecule has 0 bridgehead atoms. The maximum Gasteiger partial charge on any atom is 0.296 e. The molecule has 2 N–H and O–H groups in total. The summed E-state index contributed by atoms with van der Waals surface area (Å²) in [5.74, 6) is -0.976. The van der Waals surface area contributed by atoms with E-state index in [0.29, 0.717) is 34.9 Å². The number of rotatable bonds is 6. The summed E-state index contributed by atoms with van der Waals surface area (Å²) in [6.07, 6.45) is -0.504. The van der Waals surface area contributed by atoms with E-state index in [1.807, 2.05) is 66.7 Å². The Bertz CT molecular complexity index is 1440. The highest BCUT2D eigenvalue weighted by molar-refractivity contribution is 6.49. The van der Waals surface area contributed by atoms with E-state index in [4.69, 9.17) is 9.47 Å². The summed E-state index contributed by atoms with van der Waals surface area (Å²) in [6.45, 7) is 9.14. The summed E-state index contributed by atoms with van der Waals surface area (Å²) >= 11 is 0. The molecule has 0 aliphatic carbocycles. The number of anilines is 1. The van der Waals surface area contributed by atoms with Crippen molar-refractivity contribution >= 4 is 28.3 Å². The first-order chi connectivity index (χ1) is 17.7. The van der Waals surface area contributed by atoms with Gasteiger partial charge in [0.2, 0.25) is 0 Å². The van der Waals surface area contributed by atoms with Gasteiger partial charge in [-0.05, 0) is 29.7 Å². The largest absolute Gasteiger partial charge is 0.354 e. The van der Waals surface area contributed by atoms with Gasteiger partial charge in [0, 0.05) is 27.6 Å². The van der Waals surface area contributed by atoms with Crippen molar-refractivity contribution in [3.05, 3.63) is 90.0 Å². The zero-order valence-electron chi connectivity index (χ0n) is 21.6. The number of fused-ring (bicyclic) bond motifs is 1. The number of para-hydroxylation sites is 1. The Morgan fingerprint density at radius 3 is 2.46 bits per heavy atom. The Balaban J connectivity index is 1.40. The van der Waals surface area contributed by atoms with Crippen LogP contribution in [0.4, 0.5) is 5.69 Å². The molecule has 1 fully saturated rings. The minimum Gasteiger partial charge on any atom is -0.354 e. The summed E-state index contributed by atoms with van der Waals surface area (Å²) in [5.41, 5.74) is 3.83. The average molecular weight is 497 g/mol. The van der Waals surface area contributed by atoms with E-state index >= 15 is 0 Å². The van der Waals surface area contributed by atoms with Gasteiger partial charge < -0.3 is 19.8 Å². The van der Waals surface area contributed by atoms with Crippen LogP contribution >= 0.6 is 0 Å². The molecule has 1 aromatic heterocycles. The van der Waals surface area contributed by atoms with Gasteiger partial charge in [0.05, 0.1) is 24.0 Å². The molecule has 0 radical (unpaired) electrons. The number of hydrogen-bond donors (Lipinski definition) is 2. The number of carbonyl (C=O) groups is 2. The van der Waals surface area contributed by atoms with Gasteiger partial charge in [0.15, 0.2) is 6.29 Å². The third-order valence-electron chi connectivity index (χ3n) is 6.87. The number of aromatic nitrogens is 1. The van der Waals surface area contributed by atoms with Crippen LogP contribution in [-0.4, -0.2) is 29.4 Å². The summed E-state index contributed by atoms with van der Waals surface area (Å²) in [7, 11) is 0. The van der Waals surface area contributed by atoms with E-state index in [1.54, 1.807) is 12.1 Å². The lowest BCUT2D eigenvalue weighted by atomic mass is 9.80. The highest BCUT2D eigenvalue weighted by atomic mass is 16.7. The highest BCUT2D eigenvalue weighted by Crippen LogP contribution is 2.40. The molecule has 0 saturated carbocycles. The first-order valence-electron chi connectivity index (χ1n) is 12.6. The number of amides is 1. The molecule has 2 atom stereocenters. The molecule has 1 aliphatic rings. The summed E-state index contributed by atoms with van der Waals surface area (Å²) in [4.78, 5) is 30.0. The van der Waals surface area contributed by atoms with E-state index in [9.17, 15) is 9.59 Å². The number of hydrogen-bond acceptors (Lipinski definition) is 4. The second-order valence-corrected chi connectivity index (χ2v) is 10.6. The summed E-state index contributed by atoms with van der Waals surface area (Å²) in [6, 6.07) is 24.4. The lowest BCUT2D eigenvalue weighted by Gasteiger charge is -2.44. The van der Waals surface area contributed by atoms with Crippen molar-refractivity contribution in [1.29, 1.82) is 0 Å². The number of ether oxygens (including phenoxy) is 2. The van der Waals surface area contributed by atoms with E-state index in [2.05, 4.69) is 38.0 Å². The molecule has 4 aromatic rings. The van der Waals surface area contributed by atoms with Crippen LogP contribution in [0, 0.1) is 11.3 Å². The van der Waals surface area contributed by atoms with Gasteiger partial charge in [-0.15, -0.1) is 0 Å². The van der Waals surface area contributed by atoms with Crippen molar-refractivity contribution in [2.75, 3.05) is 11.9 Å². The van der Waals surface area contributed by atoms with Crippen LogP contribution in [0.5, 0.6) is 0 Å². The molecule has 5 rings (SSSR count). The Morgan fingerprint density at radius 2 is 1.70 bits per heavy atom. The topological polar surface area (TPSA) is 80.4 Å². The maximum atomic E-state index is 13.5. The molecule has 1 amide bonds. The number of Topliss-reactive ketones (excluding diaryl/α,β-unsaturated/α-hetero) is 1. The molecule has 6 nitrogen and oxygen atoms in total. The fourth-order valence-corrected chi connectivity index (χ4v) is 5.23. The van der Waals surface area contributed by atoms with Crippen LogP contribution in [0.2, 0.25) is 0 Å². The van der Waals surface area contributed by atoms with Crippen LogP contribution in [0.1, 0.15) is 49.9 Å². The number of ketones is 1. The Hall–Kier alpha value is -3.74. The molecule has 190 valence electrons. The fourth-order valence-electron chi connectivity index (χ4n) is 5.23. The fraction of sp³-hybridized carbons (Fsp3) is 0.290. The first kappa shape index (κ1) is 24.9. The van der Waals surface area contributed by atoms with Gasteiger partial charge in [-0.25, -0.2) is 0 Å². The molecular formula is C31H32N2O4. The zero-order chi connectivity index (χ0) is 26.2. The van der Waals surface area contributed by atoms with Crippen molar-refractivity contribution in [2.24, 2.45) is 11.3 Å². The summed E-state index contributed by atoms with van der Waals surface area (Å²) in [5, 5.41) is 3.50. The minimum atomic E-state index is -0.703. The Morgan fingerprint density at radius 1 is 0.973 bits per heavy atom. The molecule has 0 unspecified atom stereocenters. The van der Waals surface area contributed by atoms with Gasteiger partial charge in [-0.3, -0.25) is 9.59 Å². The molecular weight excluding hydrogens is 464 g/mol. The van der Waals surface area contributed by atoms with Crippen molar-refractivity contribution in [3.63, 3.8) is 0 Å². The molecule has 6 heteroatoms. The molecule has 1 saturated heterocycles. The lowest BCUT2D eigenvalue weighted by Crippen LogP contribution is -2.45. The number of nitrogens with one attached hydrogen (secondary N) is 2. The average Bonchev–Trinajstić information content (AvgIpc) is 3.28. The monoisotopic (exact) mass is 496 g/mol. The highest BCUT2D eigenvalue weighted by Gasteiger charge is 2.40. The predicted molar refractivity (Wildman–Crippen MR) is 145 cm³/mol. The van der Waals surface area contributed by atoms with Gasteiger partial charge in [0.25, 0.3) is 11.7 Å². The van der Waals surface area contributed by atoms with Crippen LogP contribution in [-0.2, 0) is 14.3 Å². The van der Waals surface area contributed by atoms with Crippen molar-refractivity contribution in [2.45, 2.75) is 40.1 Å². The normalized spacial score (nSPS) is 19.2. The first-order valence-corrected chi connectivity index (χ1v) is 12.6. The molecule has 37 heavy (non-hydrogen) atoms. The van der Waals surface area contributed by atoms with E-state index in [-0.39, 0.29) is 11.5 Å². The number of carbonyl (C=O) groups excluding carboxylic acids is 2. The van der Waals surface area contributed by atoms with Crippen LogP contribution < -0.4 is 5.32 Å². The molecule has 1 aliphatic heterocycles. The van der Waals surface area contributed by atoms with E-state index < -0.39 is 18.0 Å². The lowest BCUT2D eigenvalue weighted by molar-refractivity contribution is -0.274. The SMILES string of the molecule is CC(C)[C@H]1O[C@@H](c2cccc(NC(=O)C(=O)c3c(-c4ccccc4)[nH]c4ccccc34)c2)OCC1(C)C. The maximum absolute atomic E-state index is 13.5. The predicted octanol–water partition coefficient (Wildman–Crippen LogP) is 6.75. The van der Waals surface area contributed by atoms with Gasteiger partial charge in [0.1, 0.15) is 0 Å². The number of benzene rings is 3. The zero-order valence-corrected chi connectivity index (χ0v) is 21.6. The molecule has 0 spiro atoms. The Kier molecular flexibility index (Phi) is 6.71.